The lowest BCUT2D eigenvalue weighted by Crippen LogP contribution is -2.38. The molecule has 0 radical (unpaired) electrons. The summed E-state index contributed by atoms with van der Waals surface area (Å²) >= 11 is 0. The molecule has 0 bridgehead atoms. The Balaban J connectivity index is 1.71. The Hall–Kier alpha value is -2.42. The van der Waals surface area contributed by atoms with Crippen molar-refractivity contribution in [3.63, 3.8) is 0 Å². The fourth-order valence-corrected chi connectivity index (χ4v) is 4.72. The molecule has 0 unspecified atom stereocenters. The molecule has 2 aromatic carbocycles. The molecule has 1 saturated heterocycles. The Bertz CT molecular complexity index is 909. The molecule has 2 aromatic rings. The first-order valence-corrected chi connectivity index (χ1v) is 11.7. The normalized spacial score (nSPS) is 16.5. The minimum atomic E-state index is -3.68. The first-order chi connectivity index (χ1) is 14.5. The van der Waals surface area contributed by atoms with Gasteiger partial charge < -0.3 is 10.5 Å². The number of rotatable bonds is 9. The van der Waals surface area contributed by atoms with Crippen LogP contribution in [0.25, 0.3) is 0 Å². The second-order valence-corrected chi connectivity index (χ2v) is 9.22. The summed E-state index contributed by atoms with van der Waals surface area (Å²) in [6.45, 7) is 1.98. The number of likely N-dealkylation sites (tertiary alicyclic amines) is 1. The van der Waals surface area contributed by atoms with Gasteiger partial charge in [-0.25, -0.2) is 13.1 Å². The molecule has 8 heteroatoms. The highest BCUT2D eigenvalue weighted by molar-refractivity contribution is 7.89. The van der Waals surface area contributed by atoms with Gasteiger partial charge in [0.15, 0.2) is 6.61 Å². The molecule has 0 saturated carbocycles. The smallest absolute Gasteiger partial charge is 0.255 e. The molecule has 1 amide bonds. The van der Waals surface area contributed by atoms with Crippen LogP contribution in [0.1, 0.15) is 37.3 Å². The molecule has 30 heavy (non-hydrogen) atoms. The number of nitrogens with zero attached hydrogens (tertiary/aromatic N) is 1. The fourth-order valence-electron chi connectivity index (χ4n) is 3.68. The SMILES string of the molecule is NC(=O)COc1ccc(S(=O)(=O)NC[C@@H](c2ccccc2)N2CCCCCC2)cc1. The van der Waals surface area contributed by atoms with Crippen molar-refractivity contribution in [2.45, 2.75) is 36.6 Å². The van der Waals surface area contributed by atoms with Gasteiger partial charge >= 0.3 is 0 Å². The molecule has 1 aliphatic rings. The zero-order chi connectivity index (χ0) is 21.4. The van der Waals surface area contributed by atoms with Crippen LogP contribution in [-0.2, 0) is 14.8 Å². The van der Waals surface area contributed by atoms with Crippen molar-refractivity contribution in [3.8, 4) is 5.75 Å². The summed E-state index contributed by atoms with van der Waals surface area (Å²) in [7, 11) is -3.68. The van der Waals surface area contributed by atoms with Gasteiger partial charge in [0, 0.05) is 12.6 Å². The Labute approximate surface area is 178 Å². The van der Waals surface area contributed by atoms with E-state index in [2.05, 4.69) is 21.8 Å². The summed E-state index contributed by atoms with van der Waals surface area (Å²) in [5.41, 5.74) is 6.16. The molecule has 0 spiro atoms. The van der Waals surface area contributed by atoms with Crippen LogP contribution in [0.3, 0.4) is 0 Å². The van der Waals surface area contributed by atoms with Crippen LogP contribution in [0.2, 0.25) is 0 Å². The highest BCUT2D eigenvalue weighted by Gasteiger charge is 2.24. The summed E-state index contributed by atoms with van der Waals surface area (Å²) < 4.78 is 33.7. The first kappa shape index (κ1) is 22.3. The van der Waals surface area contributed by atoms with Gasteiger partial charge in [0.05, 0.1) is 4.90 Å². The lowest BCUT2D eigenvalue weighted by atomic mass is 10.1. The largest absolute Gasteiger partial charge is 0.484 e. The summed E-state index contributed by atoms with van der Waals surface area (Å²) in [4.78, 5) is 13.3. The molecule has 1 fully saturated rings. The van der Waals surface area contributed by atoms with Gasteiger partial charge in [-0.1, -0.05) is 43.2 Å². The number of hydrogen-bond donors (Lipinski definition) is 2. The Morgan fingerprint density at radius 2 is 1.63 bits per heavy atom. The first-order valence-electron chi connectivity index (χ1n) is 10.3. The van der Waals surface area contributed by atoms with Gasteiger partial charge in [-0.2, -0.15) is 0 Å². The van der Waals surface area contributed by atoms with Crippen LogP contribution in [0.15, 0.2) is 59.5 Å². The van der Waals surface area contributed by atoms with Crippen LogP contribution in [-0.4, -0.2) is 45.5 Å². The third-order valence-electron chi connectivity index (χ3n) is 5.25. The number of nitrogens with two attached hydrogens (primary N) is 1. The quantitative estimate of drug-likeness (QED) is 0.635. The van der Waals surface area contributed by atoms with E-state index in [9.17, 15) is 13.2 Å². The predicted molar refractivity (Wildman–Crippen MR) is 116 cm³/mol. The number of hydrogen-bond acceptors (Lipinski definition) is 5. The second kappa shape index (κ2) is 10.6. The molecule has 0 aromatic heterocycles. The monoisotopic (exact) mass is 431 g/mol. The zero-order valence-corrected chi connectivity index (χ0v) is 17.8. The zero-order valence-electron chi connectivity index (χ0n) is 17.0. The third-order valence-corrected chi connectivity index (χ3v) is 6.69. The number of primary amides is 1. The average molecular weight is 432 g/mol. The Morgan fingerprint density at radius 3 is 2.23 bits per heavy atom. The van der Waals surface area contributed by atoms with E-state index in [1.165, 1.54) is 37.1 Å². The Kier molecular flexibility index (Phi) is 7.84. The minimum absolute atomic E-state index is 0.0164. The van der Waals surface area contributed by atoms with Gasteiger partial charge in [-0.05, 0) is 55.8 Å². The summed E-state index contributed by atoms with van der Waals surface area (Å²) in [6.07, 6.45) is 4.69. The van der Waals surface area contributed by atoms with E-state index < -0.39 is 15.9 Å². The number of benzene rings is 2. The van der Waals surface area contributed by atoms with E-state index in [1.807, 2.05) is 18.2 Å². The van der Waals surface area contributed by atoms with Gasteiger partial charge in [-0.15, -0.1) is 0 Å². The molecule has 162 valence electrons. The number of carbonyl (C=O) groups is 1. The number of nitrogens with one attached hydrogen (secondary N) is 1. The maximum absolute atomic E-state index is 12.9. The predicted octanol–water partition coefficient (Wildman–Crippen LogP) is 2.45. The van der Waals surface area contributed by atoms with Crippen molar-refractivity contribution in [2.75, 3.05) is 26.2 Å². The summed E-state index contributed by atoms with van der Waals surface area (Å²) in [5, 5.41) is 0. The van der Waals surface area contributed by atoms with Crippen molar-refractivity contribution in [3.05, 3.63) is 60.2 Å². The number of carbonyl (C=O) groups excluding carboxylic acids is 1. The summed E-state index contributed by atoms with van der Waals surface area (Å²) in [6, 6.07) is 16.0. The highest BCUT2D eigenvalue weighted by Crippen LogP contribution is 2.24. The number of sulfonamides is 1. The van der Waals surface area contributed by atoms with Crippen molar-refractivity contribution in [1.82, 2.24) is 9.62 Å². The molecular formula is C22H29N3O4S. The van der Waals surface area contributed by atoms with E-state index in [-0.39, 0.29) is 17.5 Å². The summed E-state index contributed by atoms with van der Waals surface area (Å²) in [5.74, 6) is -0.201. The van der Waals surface area contributed by atoms with Crippen molar-refractivity contribution in [1.29, 1.82) is 0 Å². The van der Waals surface area contributed by atoms with Gasteiger partial charge in [-0.3, -0.25) is 9.69 Å². The average Bonchev–Trinajstić information content (AvgIpc) is 3.03. The van der Waals surface area contributed by atoms with Gasteiger partial charge in [0.1, 0.15) is 5.75 Å². The molecular weight excluding hydrogens is 402 g/mol. The van der Waals surface area contributed by atoms with E-state index in [0.29, 0.717) is 12.3 Å². The van der Waals surface area contributed by atoms with Crippen LogP contribution < -0.4 is 15.2 Å². The van der Waals surface area contributed by atoms with Crippen LogP contribution >= 0.6 is 0 Å². The lowest BCUT2D eigenvalue weighted by molar-refractivity contribution is -0.119. The van der Waals surface area contributed by atoms with Crippen LogP contribution in [0.5, 0.6) is 5.75 Å². The van der Waals surface area contributed by atoms with Crippen LogP contribution in [0.4, 0.5) is 0 Å². The van der Waals surface area contributed by atoms with E-state index in [4.69, 9.17) is 10.5 Å². The lowest BCUT2D eigenvalue weighted by Gasteiger charge is -2.31. The van der Waals surface area contributed by atoms with E-state index >= 15 is 0 Å². The standard InChI is InChI=1S/C22H29N3O4S/c23-22(26)17-29-19-10-12-20(13-11-19)30(27,28)24-16-21(18-8-4-3-5-9-18)25-14-6-1-2-7-15-25/h3-5,8-13,21,24H,1-2,6-7,14-17H2,(H2,23,26)/t21-/m0/s1. The number of ether oxygens (including phenoxy) is 1. The van der Waals surface area contributed by atoms with E-state index in [0.717, 1.165) is 31.5 Å². The molecule has 3 N–H and O–H groups in total. The molecule has 1 atom stereocenters. The highest BCUT2D eigenvalue weighted by atomic mass is 32.2. The van der Waals surface area contributed by atoms with E-state index in [1.54, 1.807) is 0 Å². The third kappa shape index (κ3) is 6.29. The molecule has 3 rings (SSSR count). The van der Waals surface area contributed by atoms with Crippen molar-refractivity contribution in [2.24, 2.45) is 5.73 Å². The minimum Gasteiger partial charge on any atom is -0.484 e. The molecule has 1 aliphatic heterocycles. The second-order valence-electron chi connectivity index (χ2n) is 7.45. The maximum Gasteiger partial charge on any atom is 0.255 e. The number of amides is 1. The molecule has 0 aliphatic carbocycles. The molecule has 7 nitrogen and oxygen atoms in total. The Morgan fingerprint density at radius 1 is 1.00 bits per heavy atom. The van der Waals surface area contributed by atoms with Crippen molar-refractivity contribution >= 4 is 15.9 Å². The van der Waals surface area contributed by atoms with Gasteiger partial charge in [0.2, 0.25) is 10.0 Å². The molecule has 1 heterocycles. The fraction of sp³-hybridized carbons (Fsp3) is 0.409. The van der Waals surface area contributed by atoms with Crippen molar-refractivity contribution < 1.29 is 17.9 Å². The van der Waals surface area contributed by atoms with Gasteiger partial charge in [0.25, 0.3) is 5.91 Å². The maximum atomic E-state index is 12.9. The van der Waals surface area contributed by atoms with Crippen LogP contribution in [0, 0.1) is 0 Å². The topological polar surface area (TPSA) is 102 Å².